The number of likely N-dealkylation sites (tertiary alicyclic amines) is 1. The fraction of sp³-hybridized carbons (Fsp3) is 0.875. The van der Waals surface area contributed by atoms with Gasteiger partial charge in [-0.1, -0.05) is 0 Å². The lowest BCUT2D eigenvalue weighted by atomic mass is 10.0. The molecule has 0 aromatic carbocycles. The molecule has 1 aliphatic heterocycles. The molecule has 0 unspecified atom stereocenters. The molecule has 4 heteroatoms. The lowest BCUT2D eigenvalue weighted by Gasteiger charge is -2.34. The Balaban J connectivity index is 2.04. The fourth-order valence-corrected chi connectivity index (χ4v) is 1.32. The van der Waals surface area contributed by atoms with Crippen LogP contribution in [-0.4, -0.2) is 51.1 Å². The molecule has 1 fully saturated rings. The molecule has 1 amide bonds. The van der Waals surface area contributed by atoms with Gasteiger partial charge in [0.1, 0.15) is 0 Å². The molecule has 0 spiro atoms. The first-order valence-corrected chi connectivity index (χ1v) is 4.35. The molecule has 70 valence electrons. The molecule has 0 atom stereocenters. The van der Waals surface area contributed by atoms with Gasteiger partial charge in [-0.05, 0) is 14.1 Å². The third-order valence-corrected chi connectivity index (χ3v) is 2.11. The monoisotopic (exact) mass is 171 g/mol. The van der Waals surface area contributed by atoms with E-state index in [0.29, 0.717) is 0 Å². The number of rotatable bonds is 4. The SMILES string of the molecule is CNCCNC(=O)C1CN(C)C1. The van der Waals surface area contributed by atoms with Crippen LogP contribution < -0.4 is 10.6 Å². The number of likely N-dealkylation sites (N-methyl/N-ethyl adjacent to an activating group) is 1. The number of hydrogen-bond acceptors (Lipinski definition) is 3. The topological polar surface area (TPSA) is 44.4 Å². The molecule has 12 heavy (non-hydrogen) atoms. The first-order chi connectivity index (χ1) is 5.74. The zero-order chi connectivity index (χ0) is 8.97. The Morgan fingerprint density at radius 1 is 1.50 bits per heavy atom. The second-order valence-electron chi connectivity index (χ2n) is 3.31. The van der Waals surface area contributed by atoms with E-state index in [1.54, 1.807) is 0 Å². The van der Waals surface area contributed by atoms with E-state index in [1.807, 2.05) is 14.1 Å². The number of nitrogens with zero attached hydrogens (tertiary/aromatic N) is 1. The maximum atomic E-state index is 11.3. The number of amides is 1. The predicted octanol–water partition coefficient (Wildman–Crippen LogP) is -1.12. The van der Waals surface area contributed by atoms with Crippen molar-refractivity contribution in [2.45, 2.75) is 0 Å². The summed E-state index contributed by atoms with van der Waals surface area (Å²) in [5.74, 6) is 0.426. The van der Waals surface area contributed by atoms with Crippen LogP contribution in [0.1, 0.15) is 0 Å². The normalized spacial score (nSPS) is 18.8. The molecular formula is C8H17N3O. The van der Waals surface area contributed by atoms with Gasteiger partial charge >= 0.3 is 0 Å². The summed E-state index contributed by atoms with van der Waals surface area (Å²) >= 11 is 0. The van der Waals surface area contributed by atoms with Gasteiger partial charge in [-0.3, -0.25) is 4.79 Å². The summed E-state index contributed by atoms with van der Waals surface area (Å²) in [6.45, 7) is 3.39. The Bertz CT molecular complexity index is 154. The largest absolute Gasteiger partial charge is 0.355 e. The Kier molecular flexibility index (Phi) is 3.49. The highest BCUT2D eigenvalue weighted by Crippen LogP contribution is 2.11. The van der Waals surface area contributed by atoms with E-state index in [-0.39, 0.29) is 11.8 Å². The lowest BCUT2D eigenvalue weighted by Crippen LogP contribution is -2.52. The summed E-state index contributed by atoms with van der Waals surface area (Å²) in [5.41, 5.74) is 0. The number of carbonyl (C=O) groups is 1. The number of nitrogens with one attached hydrogen (secondary N) is 2. The van der Waals surface area contributed by atoms with E-state index in [0.717, 1.165) is 26.2 Å². The van der Waals surface area contributed by atoms with Crippen molar-refractivity contribution < 1.29 is 4.79 Å². The average molecular weight is 171 g/mol. The molecule has 0 saturated carbocycles. The van der Waals surface area contributed by atoms with E-state index in [1.165, 1.54) is 0 Å². The lowest BCUT2D eigenvalue weighted by molar-refractivity contribution is -0.129. The molecule has 1 aliphatic rings. The van der Waals surface area contributed by atoms with Crippen molar-refractivity contribution in [2.75, 3.05) is 40.3 Å². The summed E-state index contributed by atoms with van der Waals surface area (Å²) < 4.78 is 0. The Morgan fingerprint density at radius 3 is 2.67 bits per heavy atom. The van der Waals surface area contributed by atoms with Crippen LogP contribution in [0.3, 0.4) is 0 Å². The van der Waals surface area contributed by atoms with Gasteiger partial charge in [0.25, 0.3) is 0 Å². The van der Waals surface area contributed by atoms with Crippen molar-refractivity contribution in [1.29, 1.82) is 0 Å². The zero-order valence-electron chi connectivity index (χ0n) is 7.76. The predicted molar refractivity (Wildman–Crippen MR) is 47.9 cm³/mol. The minimum absolute atomic E-state index is 0.198. The number of hydrogen-bond donors (Lipinski definition) is 2. The van der Waals surface area contributed by atoms with Crippen LogP contribution in [0, 0.1) is 5.92 Å². The summed E-state index contributed by atoms with van der Waals surface area (Å²) in [5, 5.41) is 5.86. The highest BCUT2D eigenvalue weighted by atomic mass is 16.2. The standard InChI is InChI=1S/C8H17N3O/c1-9-3-4-10-8(12)7-5-11(2)6-7/h7,9H,3-6H2,1-2H3,(H,10,12). The summed E-state index contributed by atoms with van der Waals surface area (Å²) in [4.78, 5) is 13.4. The summed E-state index contributed by atoms with van der Waals surface area (Å²) in [6, 6.07) is 0. The molecule has 1 saturated heterocycles. The third-order valence-electron chi connectivity index (χ3n) is 2.11. The van der Waals surface area contributed by atoms with E-state index in [9.17, 15) is 4.79 Å². The molecular weight excluding hydrogens is 154 g/mol. The van der Waals surface area contributed by atoms with Crippen LogP contribution in [0.15, 0.2) is 0 Å². The zero-order valence-corrected chi connectivity index (χ0v) is 7.76. The molecule has 0 aromatic heterocycles. The van der Waals surface area contributed by atoms with Crippen molar-refractivity contribution in [2.24, 2.45) is 5.92 Å². The quantitative estimate of drug-likeness (QED) is 0.527. The minimum atomic E-state index is 0.198. The van der Waals surface area contributed by atoms with Gasteiger partial charge in [-0.15, -0.1) is 0 Å². The second-order valence-corrected chi connectivity index (χ2v) is 3.31. The highest BCUT2D eigenvalue weighted by Gasteiger charge is 2.29. The van der Waals surface area contributed by atoms with Gasteiger partial charge in [-0.25, -0.2) is 0 Å². The van der Waals surface area contributed by atoms with Crippen molar-refractivity contribution in [1.82, 2.24) is 15.5 Å². The molecule has 4 nitrogen and oxygen atoms in total. The molecule has 0 aliphatic carbocycles. The molecule has 0 radical (unpaired) electrons. The third kappa shape index (κ3) is 2.46. The first kappa shape index (κ1) is 9.48. The van der Waals surface area contributed by atoms with Gasteiger partial charge in [-0.2, -0.15) is 0 Å². The number of carbonyl (C=O) groups excluding carboxylic acids is 1. The molecule has 2 N–H and O–H groups in total. The van der Waals surface area contributed by atoms with Gasteiger partial charge in [0.15, 0.2) is 0 Å². The smallest absolute Gasteiger partial charge is 0.225 e. The minimum Gasteiger partial charge on any atom is -0.355 e. The van der Waals surface area contributed by atoms with Crippen LogP contribution in [0.2, 0.25) is 0 Å². The van der Waals surface area contributed by atoms with Crippen LogP contribution in [-0.2, 0) is 4.79 Å². The summed E-state index contributed by atoms with van der Waals surface area (Å²) in [7, 11) is 3.90. The van der Waals surface area contributed by atoms with E-state index < -0.39 is 0 Å². The Hall–Kier alpha value is -0.610. The van der Waals surface area contributed by atoms with Gasteiger partial charge in [0.05, 0.1) is 5.92 Å². The van der Waals surface area contributed by atoms with Crippen molar-refractivity contribution in [3.63, 3.8) is 0 Å². The Labute approximate surface area is 73.3 Å². The van der Waals surface area contributed by atoms with Crippen LogP contribution in [0.4, 0.5) is 0 Å². The van der Waals surface area contributed by atoms with Crippen LogP contribution in [0.25, 0.3) is 0 Å². The fourth-order valence-electron chi connectivity index (χ4n) is 1.32. The van der Waals surface area contributed by atoms with Crippen LogP contribution in [0.5, 0.6) is 0 Å². The first-order valence-electron chi connectivity index (χ1n) is 4.35. The molecule has 0 aromatic rings. The molecule has 0 bridgehead atoms. The molecule has 1 rings (SSSR count). The highest BCUT2D eigenvalue weighted by molar-refractivity contribution is 5.79. The van der Waals surface area contributed by atoms with E-state index in [4.69, 9.17) is 0 Å². The Morgan fingerprint density at radius 2 is 2.17 bits per heavy atom. The van der Waals surface area contributed by atoms with E-state index >= 15 is 0 Å². The summed E-state index contributed by atoms with van der Waals surface area (Å²) in [6.07, 6.45) is 0. The van der Waals surface area contributed by atoms with Crippen LogP contribution >= 0.6 is 0 Å². The van der Waals surface area contributed by atoms with Crippen molar-refractivity contribution in [3.8, 4) is 0 Å². The van der Waals surface area contributed by atoms with Crippen molar-refractivity contribution >= 4 is 5.91 Å². The van der Waals surface area contributed by atoms with Gasteiger partial charge in [0.2, 0.25) is 5.91 Å². The maximum absolute atomic E-state index is 11.3. The van der Waals surface area contributed by atoms with Gasteiger partial charge < -0.3 is 15.5 Å². The van der Waals surface area contributed by atoms with E-state index in [2.05, 4.69) is 15.5 Å². The average Bonchev–Trinajstić information content (AvgIpc) is 1.99. The maximum Gasteiger partial charge on any atom is 0.225 e. The second kappa shape index (κ2) is 4.42. The van der Waals surface area contributed by atoms with Crippen molar-refractivity contribution in [3.05, 3.63) is 0 Å². The molecule has 1 heterocycles. The van der Waals surface area contributed by atoms with Gasteiger partial charge in [0, 0.05) is 26.2 Å².